The van der Waals surface area contributed by atoms with E-state index in [9.17, 15) is 4.79 Å². The molecule has 0 unspecified atom stereocenters. The fraction of sp³-hybridized carbons (Fsp3) is 0.222. The van der Waals surface area contributed by atoms with Crippen molar-refractivity contribution < 1.29 is 9.53 Å². The number of nitrogens with one attached hydrogen (secondary N) is 1. The number of ether oxygens (including phenoxy) is 1. The highest BCUT2D eigenvalue weighted by atomic mass is 16.5. The number of rotatable bonds is 6. The minimum absolute atomic E-state index is 0.141. The van der Waals surface area contributed by atoms with Gasteiger partial charge >= 0.3 is 0 Å². The van der Waals surface area contributed by atoms with E-state index in [-0.39, 0.29) is 11.8 Å². The SMILES string of the molecule is CCOc1ccc(C(=O)N/N=C\[C@H](C)c2ccccc2)cc1. The van der Waals surface area contributed by atoms with Gasteiger partial charge in [0.1, 0.15) is 5.75 Å². The predicted molar refractivity (Wildman–Crippen MR) is 88.4 cm³/mol. The molecule has 1 amide bonds. The van der Waals surface area contributed by atoms with E-state index in [0.717, 1.165) is 11.3 Å². The Morgan fingerprint density at radius 3 is 2.50 bits per heavy atom. The Balaban J connectivity index is 1.90. The molecule has 1 N–H and O–H groups in total. The van der Waals surface area contributed by atoms with Crippen molar-refractivity contribution >= 4 is 12.1 Å². The van der Waals surface area contributed by atoms with Crippen LogP contribution in [0.4, 0.5) is 0 Å². The molecule has 4 heteroatoms. The molecule has 2 rings (SSSR count). The first-order valence-electron chi connectivity index (χ1n) is 7.32. The Bertz CT molecular complexity index is 621. The van der Waals surface area contributed by atoms with Crippen LogP contribution in [0.25, 0.3) is 0 Å². The van der Waals surface area contributed by atoms with Crippen LogP contribution in [0.3, 0.4) is 0 Å². The Labute approximate surface area is 130 Å². The molecule has 22 heavy (non-hydrogen) atoms. The molecule has 0 aliphatic carbocycles. The molecule has 0 saturated carbocycles. The highest BCUT2D eigenvalue weighted by Crippen LogP contribution is 2.13. The van der Waals surface area contributed by atoms with Gasteiger partial charge in [0.15, 0.2) is 0 Å². The van der Waals surface area contributed by atoms with Gasteiger partial charge in [0.2, 0.25) is 0 Å². The number of amides is 1. The van der Waals surface area contributed by atoms with Crippen LogP contribution < -0.4 is 10.2 Å². The van der Waals surface area contributed by atoms with Gasteiger partial charge in [-0.05, 0) is 36.8 Å². The van der Waals surface area contributed by atoms with Crippen molar-refractivity contribution in [2.45, 2.75) is 19.8 Å². The van der Waals surface area contributed by atoms with E-state index in [1.54, 1.807) is 30.5 Å². The number of hydrazone groups is 1. The summed E-state index contributed by atoms with van der Waals surface area (Å²) in [5.41, 5.74) is 4.24. The van der Waals surface area contributed by atoms with Crippen molar-refractivity contribution in [1.29, 1.82) is 0 Å². The first-order chi connectivity index (χ1) is 10.7. The van der Waals surface area contributed by atoms with Crippen molar-refractivity contribution in [3.05, 3.63) is 65.7 Å². The molecule has 2 aromatic rings. The highest BCUT2D eigenvalue weighted by Gasteiger charge is 2.05. The van der Waals surface area contributed by atoms with Crippen molar-refractivity contribution in [3.8, 4) is 5.75 Å². The second kappa shape index (κ2) is 7.98. The Kier molecular flexibility index (Phi) is 5.72. The van der Waals surface area contributed by atoms with Gasteiger partial charge in [0.05, 0.1) is 6.61 Å². The fourth-order valence-corrected chi connectivity index (χ4v) is 1.98. The second-order valence-corrected chi connectivity index (χ2v) is 4.88. The predicted octanol–water partition coefficient (Wildman–Crippen LogP) is 3.60. The maximum absolute atomic E-state index is 12.0. The van der Waals surface area contributed by atoms with Crippen molar-refractivity contribution in [2.24, 2.45) is 5.10 Å². The van der Waals surface area contributed by atoms with Crippen LogP contribution in [0.5, 0.6) is 5.75 Å². The number of benzene rings is 2. The van der Waals surface area contributed by atoms with Crippen LogP contribution in [0, 0.1) is 0 Å². The van der Waals surface area contributed by atoms with E-state index in [4.69, 9.17) is 4.74 Å². The third-order valence-electron chi connectivity index (χ3n) is 3.22. The van der Waals surface area contributed by atoms with Gasteiger partial charge in [-0.15, -0.1) is 0 Å². The first-order valence-corrected chi connectivity index (χ1v) is 7.32. The standard InChI is InChI=1S/C18H20N2O2/c1-3-22-17-11-9-16(10-12-17)18(21)20-19-13-14(2)15-7-5-4-6-8-15/h4-14H,3H2,1-2H3,(H,20,21)/b19-13-/t14-/m0/s1. The Morgan fingerprint density at radius 2 is 1.86 bits per heavy atom. The molecular weight excluding hydrogens is 276 g/mol. The highest BCUT2D eigenvalue weighted by molar-refractivity contribution is 5.94. The third kappa shape index (κ3) is 4.45. The lowest BCUT2D eigenvalue weighted by atomic mass is 10.0. The molecule has 0 saturated heterocycles. The zero-order valence-corrected chi connectivity index (χ0v) is 12.8. The third-order valence-corrected chi connectivity index (χ3v) is 3.22. The van der Waals surface area contributed by atoms with Crippen LogP contribution in [0.2, 0.25) is 0 Å². The number of hydrogen-bond donors (Lipinski definition) is 1. The maximum Gasteiger partial charge on any atom is 0.271 e. The molecule has 0 aliphatic heterocycles. The van der Waals surface area contributed by atoms with Gasteiger partial charge in [-0.2, -0.15) is 5.10 Å². The molecule has 0 bridgehead atoms. The average molecular weight is 296 g/mol. The van der Waals surface area contributed by atoms with E-state index in [0.29, 0.717) is 12.2 Å². The Hall–Kier alpha value is -2.62. The maximum atomic E-state index is 12.0. The van der Waals surface area contributed by atoms with E-state index >= 15 is 0 Å². The lowest BCUT2D eigenvalue weighted by Gasteiger charge is -2.06. The van der Waals surface area contributed by atoms with Gasteiger partial charge in [-0.1, -0.05) is 37.3 Å². The molecular formula is C18H20N2O2. The number of carbonyl (C=O) groups excluding carboxylic acids is 1. The van der Waals surface area contributed by atoms with Crippen LogP contribution in [0.15, 0.2) is 59.7 Å². The van der Waals surface area contributed by atoms with Crippen LogP contribution in [-0.2, 0) is 0 Å². The van der Waals surface area contributed by atoms with Crippen LogP contribution >= 0.6 is 0 Å². The molecule has 114 valence electrons. The zero-order valence-electron chi connectivity index (χ0n) is 12.8. The van der Waals surface area contributed by atoms with E-state index in [1.165, 1.54) is 0 Å². The number of carbonyl (C=O) groups is 1. The van der Waals surface area contributed by atoms with Gasteiger partial charge in [0.25, 0.3) is 5.91 Å². The minimum atomic E-state index is -0.237. The molecule has 2 aromatic carbocycles. The molecule has 0 spiro atoms. The average Bonchev–Trinajstić information content (AvgIpc) is 2.56. The molecule has 0 heterocycles. The monoisotopic (exact) mass is 296 g/mol. The molecule has 0 aliphatic rings. The lowest BCUT2D eigenvalue weighted by Crippen LogP contribution is -2.18. The van der Waals surface area contributed by atoms with Crippen LogP contribution in [0.1, 0.15) is 35.7 Å². The summed E-state index contributed by atoms with van der Waals surface area (Å²) in [4.78, 5) is 12.0. The Morgan fingerprint density at radius 1 is 1.18 bits per heavy atom. The largest absolute Gasteiger partial charge is 0.494 e. The second-order valence-electron chi connectivity index (χ2n) is 4.88. The van der Waals surface area contributed by atoms with E-state index < -0.39 is 0 Å². The van der Waals surface area contributed by atoms with E-state index in [2.05, 4.69) is 10.5 Å². The fourth-order valence-electron chi connectivity index (χ4n) is 1.98. The number of hydrogen-bond acceptors (Lipinski definition) is 3. The topological polar surface area (TPSA) is 50.7 Å². The molecule has 0 radical (unpaired) electrons. The summed E-state index contributed by atoms with van der Waals surface area (Å²) in [5.74, 6) is 0.654. The van der Waals surface area contributed by atoms with Crippen molar-refractivity contribution in [3.63, 3.8) is 0 Å². The molecule has 1 atom stereocenters. The first kappa shape index (κ1) is 15.8. The normalized spacial score (nSPS) is 12.1. The van der Waals surface area contributed by atoms with Gasteiger partial charge in [0, 0.05) is 17.7 Å². The summed E-state index contributed by atoms with van der Waals surface area (Å²) in [5, 5.41) is 4.03. The summed E-state index contributed by atoms with van der Waals surface area (Å²) in [6, 6.07) is 17.0. The summed E-state index contributed by atoms with van der Waals surface area (Å²) < 4.78 is 5.34. The van der Waals surface area contributed by atoms with Gasteiger partial charge in [-0.25, -0.2) is 5.43 Å². The smallest absolute Gasteiger partial charge is 0.271 e. The molecule has 0 fully saturated rings. The summed E-state index contributed by atoms with van der Waals surface area (Å²) in [6.45, 7) is 4.55. The number of nitrogens with zero attached hydrogens (tertiary/aromatic N) is 1. The van der Waals surface area contributed by atoms with Crippen molar-refractivity contribution in [2.75, 3.05) is 6.61 Å². The zero-order chi connectivity index (χ0) is 15.8. The summed E-state index contributed by atoms with van der Waals surface area (Å²) in [7, 11) is 0. The van der Waals surface area contributed by atoms with Crippen molar-refractivity contribution in [1.82, 2.24) is 5.43 Å². The lowest BCUT2D eigenvalue weighted by molar-refractivity contribution is 0.0955. The molecule has 4 nitrogen and oxygen atoms in total. The summed E-state index contributed by atoms with van der Waals surface area (Å²) >= 11 is 0. The summed E-state index contributed by atoms with van der Waals surface area (Å²) in [6.07, 6.45) is 1.72. The molecule has 0 aromatic heterocycles. The van der Waals surface area contributed by atoms with Gasteiger partial charge < -0.3 is 4.74 Å². The van der Waals surface area contributed by atoms with Crippen LogP contribution in [-0.4, -0.2) is 18.7 Å². The van der Waals surface area contributed by atoms with Gasteiger partial charge in [-0.3, -0.25) is 4.79 Å². The quantitative estimate of drug-likeness (QED) is 0.654. The minimum Gasteiger partial charge on any atom is -0.494 e. The van der Waals surface area contributed by atoms with E-state index in [1.807, 2.05) is 44.2 Å².